The van der Waals surface area contributed by atoms with E-state index in [1.165, 1.54) is 39.2 Å². The molecule has 9 heteroatoms. The SMILES string of the molecule is O=C(Cn1cnc2sc3c(c2c1=O)CCC3)Nc1ccc(C(F)(F)F)cc1. The van der Waals surface area contributed by atoms with Gasteiger partial charge >= 0.3 is 6.18 Å². The van der Waals surface area contributed by atoms with Gasteiger partial charge in [0.05, 0.1) is 17.3 Å². The minimum absolute atomic E-state index is 0.228. The highest BCUT2D eigenvalue weighted by atomic mass is 32.1. The number of nitrogens with zero attached hydrogens (tertiary/aromatic N) is 2. The molecule has 1 aliphatic rings. The summed E-state index contributed by atoms with van der Waals surface area (Å²) in [7, 11) is 0. The van der Waals surface area contributed by atoms with Crippen LogP contribution in [0.1, 0.15) is 22.4 Å². The second-order valence-corrected chi connectivity index (χ2v) is 7.42. The number of carbonyl (C=O) groups is 1. The summed E-state index contributed by atoms with van der Waals surface area (Å²) in [5.74, 6) is -0.509. The zero-order valence-corrected chi connectivity index (χ0v) is 14.8. The standard InChI is InChI=1S/C18H14F3N3O2S/c19-18(20,21)10-4-6-11(7-5-10)23-14(25)8-24-9-22-16-15(17(24)26)12-2-1-3-13(12)27-16/h4-7,9H,1-3,8H2,(H,23,25). The van der Waals surface area contributed by atoms with E-state index in [2.05, 4.69) is 10.3 Å². The Hall–Kier alpha value is -2.68. The van der Waals surface area contributed by atoms with Crippen molar-refractivity contribution in [1.82, 2.24) is 9.55 Å². The van der Waals surface area contributed by atoms with Crippen molar-refractivity contribution in [3.8, 4) is 0 Å². The summed E-state index contributed by atoms with van der Waals surface area (Å²) in [4.78, 5) is 31.1. The molecule has 1 amide bonds. The van der Waals surface area contributed by atoms with E-state index < -0.39 is 17.6 Å². The van der Waals surface area contributed by atoms with Gasteiger partial charge in [0.25, 0.3) is 5.56 Å². The van der Waals surface area contributed by atoms with E-state index in [4.69, 9.17) is 0 Å². The number of nitrogens with one attached hydrogen (secondary N) is 1. The zero-order valence-electron chi connectivity index (χ0n) is 14.0. The quantitative estimate of drug-likeness (QED) is 0.740. The van der Waals surface area contributed by atoms with E-state index in [-0.39, 0.29) is 17.8 Å². The van der Waals surface area contributed by atoms with Gasteiger partial charge in [-0.05, 0) is 49.1 Å². The molecule has 0 saturated heterocycles. The van der Waals surface area contributed by atoms with Crippen molar-refractivity contribution in [3.63, 3.8) is 0 Å². The fourth-order valence-corrected chi connectivity index (χ4v) is 4.45. The van der Waals surface area contributed by atoms with Gasteiger partial charge < -0.3 is 5.32 Å². The number of amides is 1. The summed E-state index contributed by atoms with van der Waals surface area (Å²) in [6.45, 7) is -0.257. The average molecular weight is 393 g/mol. The summed E-state index contributed by atoms with van der Waals surface area (Å²) < 4.78 is 39.0. The van der Waals surface area contributed by atoms with Gasteiger partial charge in [-0.1, -0.05) is 0 Å². The van der Waals surface area contributed by atoms with E-state index in [0.717, 1.165) is 37.0 Å². The molecule has 0 bridgehead atoms. The van der Waals surface area contributed by atoms with Crippen molar-refractivity contribution in [2.45, 2.75) is 32.0 Å². The molecule has 4 rings (SSSR count). The Labute approximate surface area is 155 Å². The molecule has 0 unspecified atom stereocenters. The summed E-state index contributed by atoms with van der Waals surface area (Å²) in [6, 6.07) is 4.14. The van der Waals surface area contributed by atoms with E-state index >= 15 is 0 Å². The maximum Gasteiger partial charge on any atom is 0.416 e. The monoisotopic (exact) mass is 393 g/mol. The largest absolute Gasteiger partial charge is 0.416 e. The minimum Gasteiger partial charge on any atom is -0.325 e. The van der Waals surface area contributed by atoms with Gasteiger partial charge in [-0.25, -0.2) is 4.98 Å². The fraction of sp³-hybridized carbons (Fsp3) is 0.278. The maximum atomic E-state index is 12.7. The van der Waals surface area contributed by atoms with Gasteiger partial charge in [0.1, 0.15) is 11.4 Å². The second kappa shape index (κ2) is 6.49. The van der Waals surface area contributed by atoms with E-state index in [0.29, 0.717) is 10.2 Å². The van der Waals surface area contributed by atoms with Gasteiger partial charge in [0.15, 0.2) is 0 Å². The Morgan fingerprint density at radius 2 is 1.96 bits per heavy atom. The minimum atomic E-state index is -4.43. The Bertz CT molecular complexity index is 1080. The van der Waals surface area contributed by atoms with Crippen LogP contribution in [0.2, 0.25) is 0 Å². The van der Waals surface area contributed by atoms with Crippen LogP contribution in [-0.2, 0) is 30.4 Å². The molecule has 0 aliphatic heterocycles. The van der Waals surface area contributed by atoms with Crippen molar-refractivity contribution in [2.24, 2.45) is 0 Å². The topological polar surface area (TPSA) is 64.0 Å². The first-order chi connectivity index (χ1) is 12.8. The van der Waals surface area contributed by atoms with E-state index in [1.54, 1.807) is 0 Å². The smallest absolute Gasteiger partial charge is 0.325 e. The number of halogens is 3. The third-order valence-electron chi connectivity index (χ3n) is 4.50. The molecule has 140 valence electrons. The molecule has 3 aromatic rings. The lowest BCUT2D eigenvalue weighted by Crippen LogP contribution is -2.28. The summed E-state index contributed by atoms with van der Waals surface area (Å²) >= 11 is 1.52. The molecule has 2 aromatic heterocycles. The number of anilines is 1. The number of hydrogen-bond donors (Lipinski definition) is 1. The van der Waals surface area contributed by atoms with Crippen molar-refractivity contribution in [1.29, 1.82) is 0 Å². The molecule has 27 heavy (non-hydrogen) atoms. The van der Waals surface area contributed by atoms with Crippen LogP contribution in [0.25, 0.3) is 10.2 Å². The Balaban J connectivity index is 1.53. The van der Waals surface area contributed by atoms with Crippen molar-refractivity contribution in [3.05, 3.63) is 57.0 Å². The first-order valence-electron chi connectivity index (χ1n) is 8.30. The lowest BCUT2D eigenvalue weighted by molar-refractivity contribution is -0.137. The Morgan fingerprint density at radius 1 is 1.22 bits per heavy atom. The first kappa shape index (κ1) is 17.7. The van der Waals surface area contributed by atoms with Crippen LogP contribution in [0.4, 0.5) is 18.9 Å². The van der Waals surface area contributed by atoms with Crippen molar-refractivity contribution in [2.75, 3.05) is 5.32 Å². The van der Waals surface area contributed by atoms with E-state index in [1.807, 2.05) is 0 Å². The lowest BCUT2D eigenvalue weighted by Gasteiger charge is -2.09. The average Bonchev–Trinajstić information content (AvgIpc) is 3.18. The van der Waals surface area contributed by atoms with Gasteiger partial charge in [-0.3, -0.25) is 14.2 Å². The fourth-order valence-electron chi connectivity index (χ4n) is 3.23. The Morgan fingerprint density at radius 3 is 2.67 bits per heavy atom. The van der Waals surface area contributed by atoms with Gasteiger partial charge in [-0.15, -0.1) is 11.3 Å². The maximum absolute atomic E-state index is 12.7. The lowest BCUT2D eigenvalue weighted by atomic mass is 10.2. The van der Waals surface area contributed by atoms with Crippen molar-refractivity contribution < 1.29 is 18.0 Å². The van der Waals surface area contributed by atoms with Crippen LogP contribution in [0.3, 0.4) is 0 Å². The number of carbonyl (C=O) groups excluding carboxylic acids is 1. The predicted molar refractivity (Wildman–Crippen MR) is 96.0 cm³/mol. The normalized spacial score (nSPS) is 13.7. The molecule has 0 saturated carbocycles. The van der Waals surface area contributed by atoms with E-state index in [9.17, 15) is 22.8 Å². The Kier molecular flexibility index (Phi) is 4.26. The van der Waals surface area contributed by atoms with Gasteiger partial charge in [0, 0.05) is 10.6 Å². The van der Waals surface area contributed by atoms with Gasteiger partial charge in [0.2, 0.25) is 5.91 Å². The van der Waals surface area contributed by atoms with Crippen LogP contribution in [0.15, 0.2) is 35.4 Å². The molecule has 1 N–H and O–H groups in total. The van der Waals surface area contributed by atoms with Crippen LogP contribution in [0.5, 0.6) is 0 Å². The molecule has 1 aromatic carbocycles. The molecule has 0 atom stereocenters. The summed E-state index contributed by atoms with van der Waals surface area (Å²) in [5, 5.41) is 3.08. The second-order valence-electron chi connectivity index (χ2n) is 6.34. The molecule has 5 nitrogen and oxygen atoms in total. The number of benzene rings is 1. The molecular weight excluding hydrogens is 379 g/mol. The van der Waals surface area contributed by atoms with Gasteiger partial charge in [-0.2, -0.15) is 13.2 Å². The molecule has 0 fully saturated rings. The number of aryl methyl sites for hydroxylation is 2. The molecule has 2 heterocycles. The number of aromatic nitrogens is 2. The van der Waals surface area contributed by atoms with Crippen molar-refractivity contribution >= 4 is 33.1 Å². The van der Waals surface area contributed by atoms with Crippen LogP contribution >= 0.6 is 11.3 Å². The number of alkyl halides is 3. The number of fused-ring (bicyclic) bond motifs is 3. The summed E-state index contributed by atoms with van der Waals surface area (Å²) in [6.07, 6.45) is -0.293. The first-order valence-corrected chi connectivity index (χ1v) is 9.11. The van der Waals surface area contributed by atoms with Crippen LogP contribution < -0.4 is 10.9 Å². The molecule has 1 aliphatic carbocycles. The molecule has 0 spiro atoms. The number of thiophene rings is 1. The highest BCUT2D eigenvalue weighted by Crippen LogP contribution is 2.34. The van der Waals surface area contributed by atoms with Crippen LogP contribution in [0, 0.1) is 0 Å². The highest BCUT2D eigenvalue weighted by Gasteiger charge is 2.30. The third kappa shape index (κ3) is 3.34. The molecular formula is C18H14F3N3O2S. The van der Waals surface area contributed by atoms with Crippen LogP contribution in [-0.4, -0.2) is 15.5 Å². The summed E-state index contributed by atoms with van der Waals surface area (Å²) in [5.41, 5.74) is 0.205. The highest BCUT2D eigenvalue weighted by molar-refractivity contribution is 7.18. The zero-order chi connectivity index (χ0) is 19.2. The third-order valence-corrected chi connectivity index (χ3v) is 5.70. The number of hydrogen-bond acceptors (Lipinski definition) is 4. The molecule has 0 radical (unpaired) electrons. The predicted octanol–water partition coefficient (Wildman–Crippen LogP) is 3.60. The number of rotatable bonds is 3.